The summed E-state index contributed by atoms with van der Waals surface area (Å²) in [4.78, 5) is 12.8. The van der Waals surface area contributed by atoms with E-state index >= 15 is 0 Å². The van der Waals surface area contributed by atoms with Crippen molar-refractivity contribution in [3.05, 3.63) is 22.2 Å². The Balaban J connectivity index is 2.42. The van der Waals surface area contributed by atoms with Gasteiger partial charge in [-0.25, -0.2) is 0 Å². The lowest BCUT2D eigenvalue weighted by molar-refractivity contribution is -0.384. The Bertz CT molecular complexity index is 507. The number of benzene rings is 1. The quantitative estimate of drug-likeness (QED) is 0.648. The molecule has 1 saturated heterocycles. The number of nitro groups is 1. The summed E-state index contributed by atoms with van der Waals surface area (Å²) in [6, 6.07) is 3.07. The van der Waals surface area contributed by atoms with Crippen molar-refractivity contribution in [1.82, 2.24) is 0 Å². The third-order valence-electron chi connectivity index (χ3n) is 3.64. The van der Waals surface area contributed by atoms with Crippen LogP contribution in [0.2, 0.25) is 0 Å². The Morgan fingerprint density at radius 2 is 2.05 bits per heavy atom. The first-order valence-electron chi connectivity index (χ1n) is 6.46. The molecule has 0 amide bonds. The Morgan fingerprint density at radius 1 is 1.40 bits per heavy atom. The van der Waals surface area contributed by atoms with Crippen LogP contribution in [0.25, 0.3) is 0 Å². The molecule has 1 atom stereocenters. The molecule has 110 valence electrons. The molecule has 0 saturated carbocycles. The van der Waals surface area contributed by atoms with Gasteiger partial charge in [0.25, 0.3) is 5.69 Å². The van der Waals surface area contributed by atoms with Gasteiger partial charge in [0.05, 0.1) is 25.2 Å². The van der Waals surface area contributed by atoms with Crippen molar-refractivity contribution in [3.8, 4) is 11.5 Å². The standard InChI is InChI=1S/C13H19N3O4/c1-19-12-5-10(15-4-3-9(7-14)8-15)11(16(17)18)6-13(12)20-2/h5-6,9H,3-4,7-8,14H2,1-2H3. The van der Waals surface area contributed by atoms with E-state index in [4.69, 9.17) is 15.2 Å². The van der Waals surface area contributed by atoms with Gasteiger partial charge in [0.15, 0.2) is 11.5 Å². The van der Waals surface area contributed by atoms with Crippen LogP contribution in [-0.2, 0) is 0 Å². The van der Waals surface area contributed by atoms with Crippen LogP contribution >= 0.6 is 0 Å². The summed E-state index contributed by atoms with van der Waals surface area (Å²) in [5.74, 6) is 1.23. The number of nitro benzene ring substituents is 1. The van der Waals surface area contributed by atoms with Crippen LogP contribution in [0.1, 0.15) is 6.42 Å². The van der Waals surface area contributed by atoms with Crippen molar-refractivity contribution >= 4 is 11.4 Å². The second-order valence-electron chi connectivity index (χ2n) is 4.79. The highest BCUT2D eigenvalue weighted by molar-refractivity contribution is 5.70. The fourth-order valence-electron chi connectivity index (χ4n) is 2.50. The number of anilines is 1. The zero-order chi connectivity index (χ0) is 14.7. The lowest BCUT2D eigenvalue weighted by atomic mass is 10.1. The van der Waals surface area contributed by atoms with Crippen molar-refractivity contribution in [3.63, 3.8) is 0 Å². The minimum Gasteiger partial charge on any atom is -0.493 e. The summed E-state index contributed by atoms with van der Waals surface area (Å²) in [6.07, 6.45) is 0.946. The average molecular weight is 281 g/mol. The summed E-state index contributed by atoms with van der Waals surface area (Å²) in [5, 5.41) is 11.3. The SMILES string of the molecule is COc1cc(N2CCC(CN)C2)c([N+](=O)[O-])cc1OC. The van der Waals surface area contributed by atoms with E-state index in [0.29, 0.717) is 29.6 Å². The Morgan fingerprint density at radius 3 is 2.55 bits per heavy atom. The monoisotopic (exact) mass is 281 g/mol. The molecule has 7 heteroatoms. The van der Waals surface area contributed by atoms with E-state index < -0.39 is 4.92 Å². The Labute approximate surface area is 117 Å². The van der Waals surface area contributed by atoms with Crippen LogP contribution in [0, 0.1) is 16.0 Å². The van der Waals surface area contributed by atoms with Gasteiger partial charge in [0, 0.05) is 19.2 Å². The fraction of sp³-hybridized carbons (Fsp3) is 0.538. The van der Waals surface area contributed by atoms with Gasteiger partial charge in [-0.2, -0.15) is 0 Å². The maximum Gasteiger partial charge on any atom is 0.296 e. The first-order chi connectivity index (χ1) is 9.60. The molecule has 7 nitrogen and oxygen atoms in total. The molecule has 0 aromatic heterocycles. The van der Waals surface area contributed by atoms with E-state index in [0.717, 1.165) is 19.5 Å². The predicted molar refractivity (Wildman–Crippen MR) is 75.6 cm³/mol. The Kier molecular flexibility index (Phi) is 4.29. The van der Waals surface area contributed by atoms with Gasteiger partial charge in [0.2, 0.25) is 0 Å². The van der Waals surface area contributed by atoms with Gasteiger partial charge < -0.3 is 20.1 Å². The van der Waals surface area contributed by atoms with Gasteiger partial charge in [-0.15, -0.1) is 0 Å². The summed E-state index contributed by atoms with van der Waals surface area (Å²) >= 11 is 0. The number of ether oxygens (including phenoxy) is 2. The summed E-state index contributed by atoms with van der Waals surface area (Å²) < 4.78 is 10.3. The van der Waals surface area contributed by atoms with Gasteiger partial charge in [-0.3, -0.25) is 10.1 Å². The molecule has 20 heavy (non-hydrogen) atoms. The van der Waals surface area contributed by atoms with Crippen LogP contribution in [0.4, 0.5) is 11.4 Å². The maximum absolute atomic E-state index is 11.3. The smallest absolute Gasteiger partial charge is 0.296 e. The molecule has 0 bridgehead atoms. The van der Waals surface area contributed by atoms with Crippen LogP contribution in [0.5, 0.6) is 11.5 Å². The van der Waals surface area contributed by atoms with E-state index in [1.165, 1.54) is 20.3 Å². The van der Waals surface area contributed by atoms with Crippen molar-refractivity contribution in [2.75, 3.05) is 38.8 Å². The molecule has 0 aliphatic carbocycles. The third-order valence-corrected chi connectivity index (χ3v) is 3.64. The van der Waals surface area contributed by atoms with Gasteiger partial charge in [-0.1, -0.05) is 0 Å². The highest BCUT2D eigenvalue weighted by Gasteiger charge is 2.29. The minimum absolute atomic E-state index is 0.0281. The van der Waals surface area contributed by atoms with Crippen LogP contribution in [0.3, 0.4) is 0 Å². The summed E-state index contributed by atoms with van der Waals surface area (Å²) in [5.41, 5.74) is 6.26. The van der Waals surface area contributed by atoms with Gasteiger partial charge in [-0.05, 0) is 18.9 Å². The first kappa shape index (κ1) is 14.4. The molecule has 1 unspecified atom stereocenters. The van der Waals surface area contributed by atoms with Gasteiger partial charge >= 0.3 is 0 Å². The molecule has 1 aliphatic heterocycles. The van der Waals surface area contributed by atoms with E-state index in [1.807, 2.05) is 4.90 Å². The Hall–Kier alpha value is -2.02. The number of nitrogens with zero attached hydrogens (tertiary/aromatic N) is 2. The topological polar surface area (TPSA) is 90.9 Å². The van der Waals surface area contributed by atoms with Crippen molar-refractivity contribution in [2.45, 2.75) is 6.42 Å². The van der Waals surface area contributed by atoms with Crippen molar-refractivity contribution in [1.29, 1.82) is 0 Å². The largest absolute Gasteiger partial charge is 0.493 e. The molecule has 2 N–H and O–H groups in total. The molecule has 2 rings (SSSR count). The highest BCUT2D eigenvalue weighted by Crippen LogP contribution is 2.40. The summed E-state index contributed by atoms with van der Waals surface area (Å²) in [6.45, 7) is 2.09. The van der Waals surface area contributed by atoms with Crippen LogP contribution in [-0.4, -0.2) is 38.8 Å². The van der Waals surface area contributed by atoms with E-state index in [2.05, 4.69) is 0 Å². The van der Waals surface area contributed by atoms with Crippen molar-refractivity contribution < 1.29 is 14.4 Å². The predicted octanol–water partition coefficient (Wildman–Crippen LogP) is 1.40. The second kappa shape index (κ2) is 5.96. The number of hydrogen-bond acceptors (Lipinski definition) is 6. The third kappa shape index (κ3) is 2.62. The molecule has 1 aromatic carbocycles. The average Bonchev–Trinajstić information content (AvgIpc) is 2.94. The van der Waals surface area contributed by atoms with Crippen LogP contribution < -0.4 is 20.1 Å². The highest BCUT2D eigenvalue weighted by atomic mass is 16.6. The van der Waals surface area contributed by atoms with E-state index in [1.54, 1.807) is 6.07 Å². The normalized spacial score (nSPS) is 18.1. The summed E-state index contributed by atoms with van der Waals surface area (Å²) in [7, 11) is 2.97. The number of nitrogens with two attached hydrogens (primary N) is 1. The maximum atomic E-state index is 11.3. The number of methoxy groups -OCH3 is 2. The zero-order valence-corrected chi connectivity index (χ0v) is 11.7. The fourth-order valence-corrected chi connectivity index (χ4v) is 2.50. The lowest BCUT2D eigenvalue weighted by Gasteiger charge is -2.20. The molecular weight excluding hydrogens is 262 g/mol. The molecule has 1 aromatic rings. The molecule has 1 aliphatic rings. The first-order valence-corrected chi connectivity index (χ1v) is 6.46. The number of rotatable bonds is 5. The van der Waals surface area contributed by atoms with E-state index in [-0.39, 0.29) is 5.69 Å². The second-order valence-corrected chi connectivity index (χ2v) is 4.79. The molecular formula is C13H19N3O4. The van der Waals surface area contributed by atoms with E-state index in [9.17, 15) is 10.1 Å². The lowest BCUT2D eigenvalue weighted by Crippen LogP contribution is -2.23. The zero-order valence-electron chi connectivity index (χ0n) is 11.7. The molecule has 0 radical (unpaired) electrons. The van der Waals surface area contributed by atoms with Crippen molar-refractivity contribution in [2.24, 2.45) is 11.7 Å². The number of hydrogen-bond donors (Lipinski definition) is 1. The molecule has 0 spiro atoms. The van der Waals surface area contributed by atoms with Gasteiger partial charge in [0.1, 0.15) is 5.69 Å². The molecule has 1 heterocycles. The minimum atomic E-state index is -0.396. The molecule has 1 fully saturated rings. The van der Waals surface area contributed by atoms with Crippen LogP contribution in [0.15, 0.2) is 12.1 Å².